The molecule has 0 heterocycles. The quantitative estimate of drug-likeness (QED) is 0.524. The van der Waals surface area contributed by atoms with Crippen molar-refractivity contribution >= 4 is 5.96 Å². The number of hydrogen-bond donors (Lipinski definition) is 2. The molecule has 0 aliphatic heterocycles. The van der Waals surface area contributed by atoms with E-state index in [0.717, 1.165) is 35.1 Å². The fourth-order valence-electron chi connectivity index (χ4n) is 2.57. The molecular weight excluding hydrogens is 342 g/mol. The molecule has 2 rings (SSSR count). The Kier molecular flexibility index (Phi) is 8.45. The normalized spacial score (nSPS) is 11.2. The standard InChI is InChI=1S/C21H29N3O3/c1-4-22-21(23-15-17-7-5-6-8-18(17)16-25)24(2)13-14-27-20-11-9-19(26-3)10-12-20/h5-12,25H,4,13-16H2,1-3H3,(H,22,23). The molecule has 0 aromatic heterocycles. The van der Waals surface area contributed by atoms with Gasteiger partial charge in [0.1, 0.15) is 18.1 Å². The number of aliphatic imine (C=N–C) groups is 1. The highest BCUT2D eigenvalue weighted by atomic mass is 16.5. The summed E-state index contributed by atoms with van der Waals surface area (Å²) in [7, 11) is 3.63. The SMILES string of the molecule is CCNC(=NCc1ccccc1CO)N(C)CCOc1ccc(OC)cc1. The van der Waals surface area contributed by atoms with Crippen molar-refractivity contribution < 1.29 is 14.6 Å². The lowest BCUT2D eigenvalue weighted by atomic mass is 10.1. The highest BCUT2D eigenvalue weighted by Gasteiger charge is 2.07. The van der Waals surface area contributed by atoms with Crippen LogP contribution in [0.3, 0.4) is 0 Å². The van der Waals surface area contributed by atoms with Gasteiger partial charge in [-0.25, -0.2) is 4.99 Å². The second-order valence-corrected chi connectivity index (χ2v) is 6.04. The van der Waals surface area contributed by atoms with E-state index in [9.17, 15) is 5.11 Å². The van der Waals surface area contributed by atoms with Gasteiger partial charge in [0.2, 0.25) is 0 Å². The van der Waals surface area contributed by atoms with Crippen molar-refractivity contribution in [3.63, 3.8) is 0 Å². The van der Waals surface area contributed by atoms with Crippen molar-refractivity contribution in [1.29, 1.82) is 0 Å². The van der Waals surface area contributed by atoms with E-state index < -0.39 is 0 Å². The van der Waals surface area contributed by atoms with Crippen molar-refractivity contribution in [3.05, 3.63) is 59.7 Å². The number of likely N-dealkylation sites (N-methyl/N-ethyl adjacent to an activating group) is 1. The van der Waals surface area contributed by atoms with Gasteiger partial charge in [-0.15, -0.1) is 0 Å². The van der Waals surface area contributed by atoms with Gasteiger partial charge in [0.15, 0.2) is 5.96 Å². The van der Waals surface area contributed by atoms with E-state index in [1.54, 1.807) is 7.11 Å². The molecule has 0 atom stereocenters. The predicted octanol–water partition coefficient (Wildman–Crippen LogP) is 2.66. The van der Waals surface area contributed by atoms with E-state index in [-0.39, 0.29) is 6.61 Å². The second-order valence-electron chi connectivity index (χ2n) is 6.04. The number of guanidine groups is 1. The summed E-state index contributed by atoms with van der Waals surface area (Å²) in [5.74, 6) is 2.43. The number of rotatable bonds is 9. The minimum atomic E-state index is 0.0216. The molecule has 0 aliphatic carbocycles. The molecule has 0 saturated heterocycles. The first-order valence-electron chi connectivity index (χ1n) is 9.11. The minimum Gasteiger partial charge on any atom is -0.497 e. The number of ether oxygens (including phenoxy) is 2. The van der Waals surface area contributed by atoms with Crippen LogP contribution in [0.2, 0.25) is 0 Å². The lowest BCUT2D eigenvalue weighted by Gasteiger charge is -2.22. The average molecular weight is 371 g/mol. The lowest BCUT2D eigenvalue weighted by Crippen LogP contribution is -2.40. The summed E-state index contributed by atoms with van der Waals surface area (Å²) in [6.45, 7) is 4.60. The molecule has 0 fully saturated rings. The Morgan fingerprint density at radius 1 is 1.07 bits per heavy atom. The maximum atomic E-state index is 9.45. The highest BCUT2D eigenvalue weighted by molar-refractivity contribution is 5.79. The summed E-state index contributed by atoms with van der Waals surface area (Å²) >= 11 is 0. The summed E-state index contributed by atoms with van der Waals surface area (Å²) in [5.41, 5.74) is 1.93. The molecule has 2 N–H and O–H groups in total. The Labute approximate surface area is 161 Å². The number of methoxy groups -OCH3 is 1. The van der Waals surface area contributed by atoms with Crippen LogP contribution in [0.4, 0.5) is 0 Å². The Morgan fingerprint density at radius 3 is 2.37 bits per heavy atom. The maximum absolute atomic E-state index is 9.45. The monoisotopic (exact) mass is 371 g/mol. The van der Waals surface area contributed by atoms with Gasteiger partial charge >= 0.3 is 0 Å². The van der Waals surface area contributed by atoms with Gasteiger partial charge in [-0.05, 0) is 42.3 Å². The van der Waals surface area contributed by atoms with Crippen LogP contribution in [-0.4, -0.2) is 49.8 Å². The van der Waals surface area contributed by atoms with Crippen LogP contribution in [-0.2, 0) is 13.2 Å². The van der Waals surface area contributed by atoms with Gasteiger partial charge < -0.3 is 24.8 Å². The second kappa shape index (κ2) is 11.1. The van der Waals surface area contributed by atoms with Crippen LogP contribution < -0.4 is 14.8 Å². The van der Waals surface area contributed by atoms with Gasteiger partial charge in [-0.3, -0.25) is 0 Å². The first-order valence-corrected chi connectivity index (χ1v) is 9.11. The number of nitrogens with zero attached hydrogens (tertiary/aromatic N) is 2. The van der Waals surface area contributed by atoms with Gasteiger partial charge in [-0.2, -0.15) is 0 Å². The lowest BCUT2D eigenvalue weighted by molar-refractivity contribution is 0.280. The largest absolute Gasteiger partial charge is 0.497 e. The molecular formula is C21H29N3O3. The molecule has 2 aromatic carbocycles. The molecule has 0 saturated carbocycles. The molecule has 6 heteroatoms. The van der Waals surface area contributed by atoms with E-state index in [0.29, 0.717) is 19.7 Å². The van der Waals surface area contributed by atoms with Crippen LogP contribution in [0.5, 0.6) is 11.5 Å². The minimum absolute atomic E-state index is 0.0216. The number of nitrogens with one attached hydrogen (secondary N) is 1. The first kappa shape index (κ1) is 20.6. The molecule has 0 spiro atoms. The Hall–Kier alpha value is -2.73. The van der Waals surface area contributed by atoms with Gasteiger partial charge in [0.05, 0.1) is 26.8 Å². The van der Waals surface area contributed by atoms with Crippen molar-refractivity contribution in [1.82, 2.24) is 10.2 Å². The molecule has 6 nitrogen and oxygen atoms in total. The molecule has 2 aromatic rings. The van der Waals surface area contributed by atoms with Gasteiger partial charge in [-0.1, -0.05) is 24.3 Å². The fourth-order valence-corrected chi connectivity index (χ4v) is 2.57. The van der Waals surface area contributed by atoms with Crippen molar-refractivity contribution in [2.24, 2.45) is 4.99 Å². The molecule has 0 bridgehead atoms. The molecule has 27 heavy (non-hydrogen) atoms. The van der Waals surface area contributed by atoms with Gasteiger partial charge in [0, 0.05) is 13.6 Å². The molecule has 0 radical (unpaired) electrons. The third-order valence-corrected chi connectivity index (χ3v) is 4.14. The first-order chi connectivity index (χ1) is 13.2. The highest BCUT2D eigenvalue weighted by Crippen LogP contribution is 2.16. The zero-order valence-electron chi connectivity index (χ0n) is 16.3. The summed E-state index contributed by atoms with van der Waals surface area (Å²) < 4.78 is 10.9. The predicted molar refractivity (Wildman–Crippen MR) is 108 cm³/mol. The molecule has 0 aliphatic rings. The fraction of sp³-hybridized carbons (Fsp3) is 0.381. The van der Waals surface area contributed by atoms with Gasteiger partial charge in [0.25, 0.3) is 0 Å². The Bertz CT molecular complexity index is 717. The smallest absolute Gasteiger partial charge is 0.194 e. The third kappa shape index (κ3) is 6.49. The summed E-state index contributed by atoms with van der Waals surface area (Å²) in [6.07, 6.45) is 0. The average Bonchev–Trinajstić information content (AvgIpc) is 2.71. The summed E-state index contributed by atoms with van der Waals surface area (Å²) in [5, 5.41) is 12.7. The van der Waals surface area contributed by atoms with E-state index in [4.69, 9.17) is 9.47 Å². The molecule has 146 valence electrons. The zero-order chi connectivity index (χ0) is 19.5. The van der Waals surface area contributed by atoms with Crippen LogP contribution in [0.25, 0.3) is 0 Å². The van der Waals surface area contributed by atoms with Crippen molar-refractivity contribution in [2.45, 2.75) is 20.1 Å². The maximum Gasteiger partial charge on any atom is 0.194 e. The number of aliphatic hydroxyl groups is 1. The number of aliphatic hydroxyl groups excluding tert-OH is 1. The summed E-state index contributed by atoms with van der Waals surface area (Å²) in [6, 6.07) is 15.3. The van der Waals surface area contributed by atoms with Crippen LogP contribution in [0, 0.1) is 0 Å². The number of benzene rings is 2. The Morgan fingerprint density at radius 2 is 1.74 bits per heavy atom. The molecule has 0 unspecified atom stereocenters. The zero-order valence-corrected chi connectivity index (χ0v) is 16.3. The summed E-state index contributed by atoms with van der Waals surface area (Å²) in [4.78, 5) is 6.73. The topological polar surface area (TPSA) is 66.3 Å². The van der Waals surface area contributed by atoms with E-state index in [1.807, 2.05) is 67.4 Å². The Balaban J connectivity index is 1.91. The van der Waals surface area contributed by atoms with Crippen LogP contribution in [0.15, 0.2) is 53.5 Å². The van der Waals surface area contributed by atoms with Crippen LogP contribution >= 0.6 is 0 Å². The molecule has 0 amide bonds. The third-order valence-electron chi connectivity index (χ3n) is 4.14. The van der Waals surface area contributed by atoms with E-state index in [2.05, 4.69) is 10.3 Å². The van der Waals surface area contributed by atoms with E-state index >= 15 is 0 Å². The van der Waals surface area contributed by atoms with E-state index in [1.165, 1.54) is 0 Å². The van der Waals surface area contributed by atoms with Crippen molar-refractivity contribution in [2.75, 3.05) is 33.9 Å². The number of hydrogen-bond acceptors (Lipinski definition) is 4. The van der Waals surface area contributed by atoms with Crippen LogP contribution in [0.1, 0.15) is 18.1 Å². The van der Waals surface area contributed by atoms with Crippen molar-refractivity contribution in [3.8, 4) is 11.5 Å².